The topological polar surface area (TPSA) is 41.6 Å². The summed E-state index contributed by atoms with van der Waals surface area (Å²) in [5.41, 5.74) is -0.301. The molecule has 18 heavy (non-hydrogen) atoms. The number of nitriles is 1. The number of hydrogen-bond acceptors (Lipinski definition) is 2. The second-order valence-corrected chi connectivity index (χ2v) is 3.81. The van der Waals surface area contributed by atoms with Gasteiger partial charge in [-0.2, -0.15) is 23.5 Å². The fourth-order valence-electron chi connectivity index (χ4n) is 1.36. The quantitative estimate of drug-likeness (QED) is 0.797. The number of halogens is 4. The Balaban J connectivity index is 2.45. The Morgan fingerprint density at radius 2 is 1.83 bits per heavy atom. The molecule has 1 aromatic carbocycles. The summed E-state index contributed by atoms with van der Waals surface area (Å²) in [6, 6.07) is 8.54. The van der Waals surface area contributed by atoms with Crippen LogP contribution in [0.3, 0.4) is 0 Å². The van der Waals surface area contributed by atoms with E-state index < -0.39 is 11.9 Å². The minimum atomic E-state index is -4.54. The molecule has 2 rings (SSSR count). The minimum Gasteiger partial charge on any atom is -0.222 e. The van der Waals surface area contributed by atoms with Gasteiger partial charge >= 0.3 is 6.18 Å². The molecule has 0 unspecified atom stereocenters. The van der Waals surface area contributed by atoms with Crippen molar-refractivity contribution in [2.45, 2.75) is 6.18 Å². The molecule has 2 aromatic rings. The number of hydrogen-bond donors (Lipinski definition) is 0. The van der Waals surface area contributed by atoms with E-state index in [0.717, 1.165) is 10.7 Å². The van der Waals surface area contributed by atoms with Crippen LogP contribution in [0, 0.1) is 11.3 Å². The van der Waals surface area contributed by atoms with Gasteiger partial charge in [0.05, 0.1) is 17.3 Å². The van der Waals surface area contributed by atoms with E-state index in [1.54, 1.807) is 0 Å². The van der Waals surface area contributed by atoms with Gasteiger partial charge in [-0.3, -0.25) is 0 Å². The highest BCUT2D eigenvalue weighted by Crippen LogP contribution is 2.30. The summed E-state index contributed by atoms with van der Waals surface area (Å²) in [4.78, 5) is 0. The summed E-state index contributed by atoms with van der Waals surface area (Å²) < 4.78 is 38.3. The molecule has 7 heteroatoms. The van der Waals surface area contributed by atoms with Crippen LogP contribution < -0.4 is 0 Å². The van der Waals surface area contributed by atoms with Crippen molar-refractivity contribution in [1.29, 1.82) is 5.26 Å². The maximum atomic E-state index is 12.4. The monoisotopic (exact) mass is 271 g/mol. The number of rotatable bonds is 1. The Labute approximate surface area is 105 Å². The van der Waals surface area contributed by atoms with Gasteiger partial charge < -0.3 is 0 Å². The second-order valence-electron chi connectivity index (χ2n) is 3.42. The fraction of sp³-hybridized carbons (Fsp3) is 0.0909. The van der Waals surface area contributed by atoms with Crippen LogP contribution in [0.2, 0.25) is 5.15 Å². The molecule has 0 amide bonds. The molecule has 1 aromatic heterocycles. The van der Waals surface area contributed by atoms with E-state index in [-0.39, 0.29) is 5.15 Å². The lowest BCUT2D eigenvalue weighted by Gasteiger charge is -2.03. The van der Waals surface area contributed by atoms with Crippen LogP contribution in [0.4, 0.5) is 13.2 Å². The van der Waals surface area contributed by atoms with Gasteiger partial charge in [0.25, 0.3) is 0 Å². The van der Waals surface area contributed by atoms with Crippen LogP contribution in [0.25, 0.3) is 5.69 Å². The summed E-state index contributed by atoms with van der Waals surface area (Å²) in [6.07, 6.45) is -4.54. The van der Waals surface area contributed by atoms with Gasteiger partial charge in [-0.1, -0.05) is 11.6 Å². The third kappa shape index (κ3) is 2.31. The Kier molecular flexibility index (Phi) is 3.01. The first-order chi connectivity index (χ1) is 8.41. The summed E-state index contributed by atoms with van der Waals surface area (Å²) >= 11 is 5.69. The van der Waals surface area contributed by atoms with E-state index in [1.807, 2.05) is 6.07 Å². The lowest BCUT2D eigenvalue weighted by atomic mass is 10.2. The number of aromatic nitrogens is 2. The van der Waals surface area contributed by atoms with E-state index in [2.05, 4.69) is 5.10 Å². The van der Waals surface area contributed by atoms with E-state index in [9.17, 15) is 13.2 Å². The maximum Gasteiger partial charge on any atom is 0.435 e. The lowest BCUT2D eigenvalue weighted by molar-refractivity contribution is -0.141. The van der Waals surface area contributed by atoms with E-state index in [4.69, 9.17) is 16.9 Å². The van der Waals surface area contributed by atoms with Crippen LogP contribution in [-0.2, 0) is 6.18 Å². The Hall–Kier alpha value is -2.00. The Morgan fingerprint density at radius 1 is 1.22 bits per heavy atom. The van der Waals surface area contributed by atoms with Gasteiger partial charge in [0.1, 0.15) is 5.15 Å². The van der Waals surface area contributed by atoms with Crippen LogP contribution in [0.5, 0.6) is 0 Å². The first-order valence-corrected chi connectivity index (χ1v) is 5.13. The summed E-state index contributed by atoms with van der Waals surface area (Å²) in [7, 11) is 0. The van der Waals surface area contributed by atoms with Crippen molar-refractivity contribution in [3.63, 3.8) is 0 Å². The van der Waals surface area contributed by atoms with Crippen LogP contribution in [-0.4, -0.2) is 9.78 Å². The second kappa shape index (κ2) is 4.35. The van der Waals surface area contributed by atoms with Crippen LogP contribution in [0.15, 0.2) is 30.3 Å². The fourth-order valence-corrected chi connectivity index (χ4v) is 1.59. The molecular formula is C11H5ClF3N3. The largest absolute Gasteiger partial charge is 0.435 e. The van der Waals surface area contributed by atoms with Crippen molar-refractivity contribution in [2.24, 2.45) is 0 Å². The smallest absolute Gasteiger partial charge is 0.222 e. The molecule has 0 aliphatic rings. The van der Waals surface area contributed by atoms with Crippen molar-refractivity contribution in [3.05, 3.63) is 46.7 Å². The molecule has 0 aliphatic carbocycles. The Morgan fingerprint density at radius 3 is 2.28 bits per heavy atom. The van der Waals surface area contributed by atoms with Gasteiger partial charge in [0.15, 0.2) is 5.69 Å². The molecule has 1 heterocycles. The molecule has 0 fully saturated rings. The summed E-state index contributed by atoms with van der Waals surface area (Å²) in [6.45, 7) is 0. The normalized spacial score (nSPS) is 11.3. The van der Waals surface area contributed by atoms with Gasteiger partial charge in [-0.15, -0.1) is 0 Å². The van der Waals surface area contributed by atoms with Gasteiger partial charge in [0, 0.05) is 6.07 Å². The molecule has 0 N–H and O–H groups in total. The summed E-state index contributed by atoms with van der Waals surface area (Å²) in [5, 5.41) is 11.9. The number of nitrogens with zero attached hydrogens (tertiary/aromatic N) is 3. The minimum absolute atomic E-state index is 0.146. The zero-order chi connectivity index (χ0) is 13.3. The lowest BCUT2D eigenvalue weighted by Crippen LogP contribution is -2.07. The SMILES string of the molecule is N#Cc1ccc(-n2nc(C(F)(F)F)cc2Cl)cc1. The molecule has 0 bridgehead atoms. The number of benzene rings is 1. The van der Waals surface area contributed by atoms with E-state index in [1.165, 1.54) is 24.3 Å². The van der Waals surface area contributed by atoms with E-state index >= 15 is 0 Å². The number of alkyl halides is 3. The predicted molar refractivity (Wildman–Crippen MR) is 58.3 cm³/mol. The standard InChI is InChI=1S/C11H5ClF3N3/c12-10-5-9(11(13,14)15)17-18(10)8-3-1-7(6-16)2-4-8/h1-5H. The summed E-state index contributed by atoms with van der Waals surface area (Å²) in [5.74, 6) is 0. The van der Waals surface area contributed by atoms with Gasteiger partial charge in [-0.05, 0) is 24.3 Å². The highest BCUT2D eigenvalue weighted by atomic mass is 35.5. The average Bonchev–Trinajstić information content (AvgIpc) is 2.71. The van der Waals surface area contributed by atoms with Crippen LogP contribution >= 0.6 is 11.6 Å². The zero-order valence-corrected chi connectivity index (χ0v) is 9.50. The Bertz CT molecular complexity index is 608. The molecule has 0 spiro atoms. The zero-order valence-electron chi connectivity index (χ0n) is 8.74. The molecule has 3 nitrogen and oxygen atoms in total. The van der Waals surface area contributed by atoms with Crippen molar-refractivity contribution < 1.29 is 13.2 Å². The molecule has 92 valence electrons. The van der Waals surface area contributed by atoms with Gasteiger partial charge in [-0.25, -0.2) is 4.68 Å². The molecule has 0 atom stereocenters. The molecule has 0 saturated heterocycles. The molecule has 0 aliphatic heterocycles. The van der Waals surface area contributed by atoms with E-state index in [0.29, 0.717) is 11.3 Å². The van der Waals surface area contributed by atoms with Crippen molar-refractivity contribution >= 4 is 11.6 Å². The molecule has 0 radical (unpaired) electrons. The first-order valence-electron chi connectivity index (χ1n) is 4.75. The first kappa shape index (κ1) is 12.5. The highest BCUT2D eigenvalue weighted by Gasteiger charge is 2.34. The van der Waals surface area contributed by atoms with Crippen molar-refractivity contribution in [2.75, 3.05) is 0 Å². The third-order valence-electron chi connectivity index (χ3n) is 2.20. The average molecular weight is 272 g/mol. The van der Waals surface area contributed by atoms with Crippen molar-refractivity contribution in [1.82, 2.24) is 9.78 Å². The third-order valence-corrected chi connectivity index (χ3v) is 2.47. The highest BCUT2D eigenvalue weighted by molar-refractivity contribution is 6.29. The predicted octanol–water partition coefficient (Wildman–Crippen LogP) is 3.42. The van der Waals surface area contributed by atoms with Crippen LogP contribution in [0.1, 0.15) is 11.3 Å². The molecular weight excluding hydrogens is 267 g/mol. The van der Waals surface area contributed by atoms with Crippen molar-refractivity contribution in [3.8, 4) is 11.8 Å². The maximum absolute atomic E-state index is 12.4. The molecule has 0 saturated carbocycles. The van der Waals surface area contributed by atoms with Gasteiger partial charge in [0.2, 0.25) is 0 Å².